The number of amides is 1. The van der Waals surface area contributed by atoms with Crippen LogP contribution in [0.1, 0.15) is 38.5 Å². The highest BCUT2D eigenvalue weighted by atomic mass is 16.3. The van der Waals surface area contributed by atoms with Crippen LogP contribution in [0.15, 0.2) is 0 Å². The van der Waals surface area contributed by atoms with Gasteiger partial charge < -0.3 is 15.3 Å². The lowest BCUT2D eigenvalue weighted by molar-refractivity contribution is -0.127. The van der Waals surface area contributed by atoms with Gasteiger partial charge in [-0.15, -0.1) is 0 Å². The highest BCUT2D eigenvalue weighted by Gasteiger charge is 2.39. The molecule has 0 aromatic carbocycles. The molecule has 2 aliphatic carbocycles. The Kier molecular flexibility index (Phi) is 3.73. The molecule has 0 radical (unpaired) electrons. The van der Waals surface area contributed by atoms with Crippen LogP contribution in [0.5, 0.6) is 0 Å². The van der Waals surface area contributed by atoms with Gasteiger partial charge in [-0.1, -0.05) is 0 Å². The second-order valence-electron chi connectivity index (χ2n) is 5.83. The highest BCUT2D eigenvalue weighted by Crippen LogP contribution is 2.35. The van der Waals surface area contributed by atoms with Crippen molar-refractivity contribution in [3.63, 3.8) is 0 Å². The Bertz CT molecular complexity index is 279. The van der Waals surface area contributed by atoms with Crippen LogP contribution in [0, 0.1) is 5.92 Å². The van der Waals surface area contributed by atoms with Gasteiger partial charge in [-0.25, -0.2) is 0 Å². The van der Waals surface area contributed by atoms with Gasteiger partial charge in [-0.3, -0.25) is 4.79 Å². The number of rotatable bonds is 4. The molecule has 2 N–H and O–H groups in total. The van der Waals surface area contributed by atoms with E-state index in [2.05, 4.69) is 10.2 Å². The van der Waals surface area contributed by atoms with Gasteiger partial charge >= 0.3 is 0 Å². The molecule has 0 aromatic rings. The van der Waals surface area contributed by atoms with E-state index in [0.717, 1.165) is 38.5 Å². The van der Waals surface area contributed by atoms with Crippen LogP contribution in [0.3, 0.4) is 0 Å². The molecule has 0 aromatic heterocycles. The van der Waals surface area contributed by atoms with Gasteiger partial charge in [0.25, 0.3) is 0 Å². The lowest BCUT2D eigenvalue weighted by atomic mass is 9.76. The van der Waals surface area contributed by atoms with Gasteiger partial charge in [0.1, 0.15) is 0 Å². The van der Waals surface area contributed by atoms with E-state index in [4.69, 9.17) is 0 Å². The summed E-state index contributed by atoms with van der Waals surface area (Å²) in [5, 5.41) is 12.6. The van der Waals surface area contributed by atoms with Gasteiger partial charge in [0.15, 0.2) is 0 Å². The van der Waals surface area contributed by atoms with Crippen LogP contribution in [-0.2, 0) is 4.79 Å². The highest BCUT2D eigenvalue weighted by molar-refractivity contribution is 5.79. The maximum absolute atomic E-state index is 11.9. The molecule has 98 valence electrons. The van der Waals surface area contributed by atoms with Gasteiger partial charge in [0.05, 0.1) is 6.61 Å². The van der Waals surface area contributed by atoms with Crippen LogP contribution >= 0.6 is 0 Å². The Morgan fingerprint density at radius 2 is 1.88 bits per heavy atom. The summed E-state index contributed by atoms with van der Waals surface area (Å²) in [5.74, 6) is 0.396. The van der Waals surface area contributed by atoms with Crippen LogP contribution < -0.4 is 5.32 Å². The first-order chi connectivity index (χ1) is 8.07. The second kappa shape index (κ2) is 4.94. The van der Waals surface area contributed by atoms with Crippen LogP contribution in [0.4, 0.5) is 0 Å². The van der Waals surface area contributed by atoms with Crippen molar-refractivity contribution in [3.8, 4) is 0 Å². The van der Waals surface area contributed by atoms with Crippen molar-refractivity contribution in [1.29, 1.82) is 0 Å². The Balaban J connectivity index is 1.85. The first-order valence-corrected chi connectivity index (χ1v) is 6.66. The molecule has 0 saturated heterocycles. The summed E-state index contributed by atoms with van der Waals surface area (Å²) in [6.07, 6.45) is 5.93. The minimum absolute atomic E-state index is 0.101. The zero-order chi connectivity index (χ0) is 12.5. The fraction of sp³-hybridized carbons (Fsp3) is 0.923. The number of nitrogens with zero attached hydrogens (tertiary/aromatic N) is 1. The van der Waals surface area contributed by atoms with Crippen molar-refractivity contribution < 1.29 is 9.90 Å². The molecule has 0 atom stereocenters. The number of nitrogens with one attached hydrogen (secondary N) is 1. The summed E-state index contributed by atoms with van der Waals surface area (Å²) < 4.78 is 0. The third-order valence-corrected chi connectivity index (χ3v) is 4.45. The minimum atomic E-state index is -0.101. The summed E-state index contributed by atoms with van der Waals surface area (Å²) in [6.45, 7) is 0.191. The summed E-state index contributed by atoms with van der Waals surface area (Å²) in [7, 11) is 4.03. The van der Waals surface area contributed by atoms with Gasteiger partial charge in [0.2, 0.25) is 5.91 Å². The first kappa shape index (κ1) is 12.8. The fourth-order valence-electron chi connectivity index (χ4n) is 2.71. The van der Waals surface area contributed by atoms with Crippen LogP contribution in [0.25, 0.3) is 0 Å². The maximum Gasteiger partial charge on any atom is 0.223 e. The minimum Gasteiger partial charge on any atom is -0.394 e. The number of aliphatic hydroxyl groups excluding tert-OH is 1. The second-order valence-corrected chi connectivity index (χ2v) is 5.83. The predicted octanol–water partition coefficient (Wildman–Crippen LogP) is 0.748. The SMILES string of the molecule is CN(C)C1(CO)CCC(C(=O)NC2CC2)CC1. The molecule has 2 rings (SSSR count). The van der Waals surface area contributed by atoms with Crippen molar-refractivity contribution in [2.24, 2.45) is 5.92 Å². The van der Waals surface area contributed by atoms with Crippen LogP contribution in [-0.4, -0.2) is 48.2 Å². The lowest BCUT2D eigenvalue weighted by Gasteiger charge is -2.43. The number of aliphatic hydroxyl groups is 1. The summed E-state index contributed by atoms with van der Waals surface area (Å²) in [4.78, 5) is 14.0. The van der Waals surface area contributed by atoms with Gasteiger partial charge in [-0.2, -0.15) is 0 Å². The Morgan fingerprint density at radius 1 is 1.29 bits per heavy atom. The fourth-order valence-corrected chi connectivity index (χ4v) is 2.71. The molecule has 17 heavy (non-hydrogen) atoms. The number of hydrogen-bond donors (Lipinski definition) is 2. The number of carbonyl (C=O) groups is 1. The molecule has 0 aliphatic heterocycles. The van der Waals surface area contributed by atoms with E-state index in [1.807, 2.05) is 14.1 Å². The van der Waals surface area contributed by atoms with E-state index in [0.29, 0.717) is 6.04 Å². The molecule has 4 heteroatoms. The first-order valence-electron chi connectivity index (χ1n) is 6.66. The quantitative estimate of drug-likeness (QED) is 0.762. The summed E-state index contributed by atoms with van der Waals surface area (Å²) in [6, 6.07) is 0.459. The molecule has 4 nitrogen and oxygen atoms in total. The Hall–Kier alpha value is -0.610. The summed E-state index contributed by atoms with van der Waals surface area (Å²) in [5.41, 5.74) is -0.101. The molecule has 0 heterocycles. The number of carbonyl (C=O) groups excluding carboxylic acids is 1. The summed E-state index contributed by atoms with van der Waals surface area (Å²) >= 11 is 0. The normalized spacial score (nSPS) is 33.8. The average Bonchev–Trinajstić information content (AvgIpc) is 3.12. The molecule has 0 unspecified atom stereocenters. The molecular weight excluding hydrogens is 216 g/mol. The zero-order valence-electron chi connectivity index (χ0n) is 10.9. The molecule has 2 aliphatic rings. The Labute approximate surface area is 103 Å². The maximum atomic E-state index is 11.9. The monoisotopic (exact) mass is 240 g/mol. The number of likely N-dealkylation sites (N-methyl/N-ethyl adjacent to an activating group) is 1. The molecule has 2 saturated carbocycles. The van der Waals surface area contributed by atoms with Gasteiger partial charge in [-0.05, 0) is 52.6 Å². The van der Waals surface area contributed by atoms with E-state index in [1.165, 1.54) is 0 Å². The topological polar surface area (TPSA) is 52.6 Å². The molecule has 0 bridgehead atoms. The predicted molar refractivity (Wildman–Crippen MR) is 66.6 cm³/mol. The number of hydrogen-bond acceptors (Lipinski definition) is 3. The molecule has 0 spiro atoms. The third kappa shape index (κ3) is 2.80. The van der Waals surface area contributed by atoms with E-state index in [9.17, 15) is 9.90 Å². The van der Waals surface area contributed by atoms with Crippen molar-refractivity contribution in [2.45, 2.75) is 50.1 Å². The van der Waals surface area contributed by atoms with Crippen molar-refractivity contribution in [1.82, 2.24) is 10.2 Å². The zero-order valence-corrected chi connectivity index (χ0v) is 10.9. The van der Waals surface area contributed by atoms with Crippen molar-refractivity contribution in [3.05, 3.63) is 0 Å². The van der Waals surface area contributed by atoms with E-state index < -0.39 is 0 Å². The smallest absolute Gasteiger partial charge is 0.223 e. The largest absolute Gasteiger partial charge is 0.394 e. The standard InChI is InChI=1S/C13H24N2O2/c1-15(2)13(9-16)7-5-10(6-8-13)12(17)14-11-3-4-11/h10-11,16H,3-9H2,1-2H3,(H,14,17). The molecule has 1 amide bonds. The van der Waals surface area contributed by atoms with Crippen molar-refractivity contribution in [2.75, 3.05) is 20.7 Å². The van der Waals surface area contributed by atoms with E-state index >= 15 is 0 Å². The third-order valence-electron chi connectivity index (χ3n) is 4.45. The van der Waals surface area contributed by atoms with Crippen LogP contribution in [0.2, 0.25) is 0 Å². The van der Waals surface area contributed by atoms with E-state index in [-0.39, 0.29) is 24.0 Å². The molecule has 2 fully saturated rings. The van der Waals surface area contributed by atoms with Crippen molar-refractivity contribution >= 4 is 5.91 Å². The average molecular weight is 240 g/mol. The van der Waals surface area contributed by atoms with Gasteiger partial charge in [0, 0.05) is 17.5 Å². The Morgan fingerprint density at radius 3 is 2.29 bits per heavy atom. The van der Waals surface area contributed by atoms with E-state index in [1.54, 1.807) is 0 Å². The lowest BCUT2D eigenvalue weighted by Crippen LogP contribution is -2.51. The molecular formula is C13H24N2O2.